The van der Waals surface area contributed by atoms with E-state index in [-0.39, 0.29) is 62.2 Å². The third-order valence-electron chi connectivity index (χ3n) is 5.85. The molecule has 0 amide bonds. The number of phenols is 4. The second-order valence-electron chi connectivity index (χ2n) is 8.29. The number of hydrogen-bond acceptors (Lipinski definition) is 8. The summed E-state index contributed by atoms with van der Waals surface area (Å²) in [6.45, 7) is 1.73. The van der Waals surface area contributed by atoms with Gasteiger partial charge in [0, 0.05) is 17.2 Å². The molecule has 8 heteroatoms. The van der Waals surface area contributed by atoms with Crippen LogP contribution in [0.4, 0.5) is 0 Å². The van der Waals surface area contributed by atoms with Crippen LogP contribution >= 0.6 is 0 Å². The molecule has 0 spiro atoms. The minimum absolute atomic E-state index is 0.0374. The highest BCUT2D eigenvalue weighted by Crippen LogP contribution is 2.37. The van der Waals surface area contributed by atoms with Gasteiger partial charge in [-0.05, 0) is 55.0 Å². The topological polar surface area (TPSA) is 141 Å². The Balaban J connectivity index is 0.000000173. The molecule has 8 nitrogen and oxygen atoms in total. The standard InChI is InChI=1S/C15H10O4.C14H12O4/c1-7-5-9-13(11(17)6-7)15(19)12-8(14(9)18)3-2-4-10(12)16;1-18-9-6-7-11(13(16)8-9)14(17)10-4-2-3-5-12(10)15/h2-6,16-17H,1H3;2-8,15-16H,1H3. The van der Waals surface area contributed by atoms with Crippen molar-refractivity contribution in [1.82, 2.24) is 0 Å². The lowest BCUT2D eigenvalue weighted by atomic mass is 9.82. The Morgan fingerprint density at radius 2 is 1.30 bits per heavy atom. The first-order chi connectivity index (χ1) is 17.6. The predicted octanol–water partition coefficient (Wildman–Crippen LogP) is 4.52. The van der Waals surface area contributed by atoms with Crippen LogP contribution < -0.4 is 4.74 Å². The number of phenolic OH excluding ortho intramolecular Hbond substituents is 4. The van der Waals surface area contributed by atoms with E-state index >= 15 is 0 Å². The Kier molecular flexibility index (Phi) is 6.67. The highest BCUT2D eigenvalue weighted by Gasteiger charge is 2.34. The molecule has 0 aromatic heterocycles. The van der Waals surface area contributed by atoms with Crippen molar-refractivity contribution in [3.63, 3.8) is 0 Å². The van der Waals surface area contributed by atoms with E-state index in [1.54, 1.807) is 31.2 Å². The molecule has 0 saturated heterocycles. The summed E-state index contributed by atoms with van der Waals surface area (Å²) >= 11 is 0. The monoisotopic (exact) mass is 498 g/mol. The van der Waals surface area contributed by atoms with Crippen LogP contribution in [0.25, 0.3) is 0 Å². The summed E-state index contributed by atoms with van der Waals surface area (Å²) in [6, 6.07) is 17.9. The lowest BCUT2D eigenvalue weighted by molar-refractivity contribution is 0.0974. The van der Waals surface area contributed by atoms with Crippen molar-refractivity contribution in [1.29, 1.82) is 0 Å². The van der Waals surface area contributed by atoms with Gasteiger partial charge in [-0.1, -0.05) is 24.3 Å². The molecule has 0 unspecified atom stereocenters. The van der Waals surface area contributed by atoms with Crippen molar-refractivity contribution in [3.05, 3.63) is 112 Å². The summed E-state index contributed by atoms with van der Waals surface area (Å²) in [5.74, 6) is -1.64. The average molecular weight is 498 g/mol. The van der Waals surface area contributed by atoms with Gasteiger partial charge in [0.1, 0.15) is 28.7 Å². The minimum atomic E-state index is -0.528. The van der Waals surface area contributed by atoms with Gasteiger partial charge >= 0.3 is 0 Å². The van der Waals surface area contributed by atoms with Crippen LogP contribution in [0.15, 0.2) is 72.8 Å². The molecule has 1 aliphatic carbocycles. The van der Waals surface area contributed by atoms with Crippen LogP contribution in [0.1, 0.15) is 53.3 Å². The van der Waals surface area contributed by atoms with Gasteiger partial charge in [0.25, 0.3) is 0 Å². The van der Waals surface area contributed by atoms with E-state index in [1.807, 2.05) is 0 Å². The normalized spacial score (nSPS) is 11.6. The summed E-state index contributed by atoms with van der Waals surface area (Å²) in [5, 5.41) is 39.0. The quantitative estimate of drug-likeness (QED) is 0.266. The molecule has 0 aliphatic heterocycles. The SMILES string of the molecule is COc1ccc(C(=O)c2ccccc2O)c(O)c1.Cc1cc(O)c2c(c1)C(=O)c1cccc(O)c1C2=O. The number of ether oxygens (including phenoxy) is 1. The molecule has 4 N–H and O–H groups in total. The zero-order chi connectivity index (χ0) is 26.9. The Labute approximate surface area is 211 Å². The van der Waals surface area contributed by atoms with Gasteiger partial charge < -0.3 is 25.2 Å². The number of carbonyl (C=O) groups excluding carboxylic acids is 3. The van der Waals surface area contributed by atoms with Gasteiger partial charge in [0.15, 0.2) is 11.6 Å². The highest BCUT2D eigenvalue weighted by molar-refractivity contribution is 6.30. The number of carbonyl (C=O) groups is 3. The molecule has 0 fully saturated rings. The van der Waals surface area contributed by atoms with E-state index < -0.39 is 11.6 Å². The van der Waals surface area contributed by atoms with Crippen molar-refractivity contribution in [2.24, 2.45) is 0 Å². The fraction of sp³-hybridized carbons (Fsp3) is 0.0690. The zero-order valence-corrected chi connectivity index (χ0v) is 19.9. The molecule has 0 saturated carbocycles. The van der Waals surface area contributed by atoms with Gasteiger partial charge in [-0.3, -0.25) is 14.4 Å². The van der Waals surface area contributed by atoms with Crippen molar-refractivity contribution >= 4 is 17.3 Å². The maximum atomic E-state index is 12.3. The largest absolute Gasteiger partial charge is 0.507 e. The number of para-hydroxylation sites is 1. The van der Waals surface area contributed by atoms with E-state index in [0.717, 1.165) is 0 Å². The number of fused-ring (bicyclic) bond motifs is 2. The van der Waals surface area contributed by atoms with E-state index in [2.05, 4.69) is 0 Å². The van der Waals surface area contributed by atoms with E-state index in [4.69, 9.17) is 4.74 Å². The third kappa shape index (κ3) is 4.60. The first kappa shape index (κ1) is 25.0. The molecule has 0 bridgehead atoms. The third-order valence-corrected chi connectivity index (χ3v) is 5.85. The summed E-state index contributed by atoms with van der Waals surface area (Å²) in [6.07, 6.45) is 0. The molecule has 0 heterocycles. The summed E-state index contributed by atoms with van der Waals surface area (Å²) in [7, 11) is 1.47. The highest BCUT2D eigenvalue weighted by atomic mass is 16.5. The molecule has 5 rings (SSSR count). The molecule has 0 radical (unpaired) electrons. The predicted molar refractivity (Wildman–Crippen MR) is 134 cm³/mol. The number of benzene rings is 4. The second-order valence-corrected chi connectivity index (χ2v) is 8.29. The lowest BCUT2D eigenvalue weighted by Gasteiger charge is -2.19. The fourth-order valence-electron chi connectivity index (χ4n) is 4.06. The smallest absolute Gasteiger partial charge is 0.201 e. The van der Waals surface area contributed by atoms with E-state index in [9.17, 15) is 34.8 Å². The van der Waals surface area contributed by atoms with E-state index in [0.29, 0.717) is 11.3 Å². The summed E-state index contributed by atoms with van der Waals surface area (Å²) in [5.41, 5.74) is 1.24. The number of aryl methyl sites for hydroxylation is 1. The fourth-order valence-corrected chi connectivity index (χ4v) is 4.06. The first-order valence-electron chi connectivity index (χ1n) is 11.1. The van der Waals surface area contributed by atoms with Crippen LogP contribution in [0.2, 0.25) is 0 Å². The Morgan fingerprint density at radius 1 is 0.649 bits per heavy atom. The minimum Gasteiger partial charge on any atom is -0.507 e. The maximum Gasteiger partial charge on any atom is 0.201 e. The summed E-state index contributed by atoms with van der Waals surface area (Å²) in [4.78, 5) is 36.8. The number of hydrogen-bond donors (Lipinski definition) is 4. The van der Waals surface area contributed by atoms with Crippen LogP contribution in [0.3, 0.4) is 0 Å². The molecule has 4 aromatic carbocycles. The zero-order valence-electron chi connectivity index (χ0n) is 19.9. The van der Waals surface area contributed by atoms with Crippen molar-refractivity contribution in [2.75, 3.05) is 7.11 Å². The van der Waals surface area contributed by atoms with Crippen molar-refractivity contribution < 1.29 is 39.5 Å². The molecule has 4 aromatic rings. The molecule has 0 atom stereocenters. The molecule has 37 heavy (non-hydrogen) atoms. The molecule has 186 valence electrons. The lowest BCUT2D eigenvalue weighted by Crippen LogP contribution is -2.21. The number of rotatable bonds is 3. The summed E-state index contributed by atoms with van der Waals surface area (Å²) < 4.78 is 4.94. The van der Waals surface area contributed by atoms with Crippen LogP contribution in [-0.2, 0) is 0 Å². The molecular weight excluding hydrogens is 476 g/mol. The first-order valence-corrected chi connectivity index (χ1v) is 11.1. The van der Waals surface area contributed by atoms with Gasteiger partial charge in [-0.25, -0.2) is 0 Å². The average Bonchev–Trinajstić information content (AvgIpc) is 2.87. The van der Waals surface area contributed by atoms with Crippen LogP contribution in [0, 0.1) is 6.92 Å². The Bertz CT molecular complexity index is 1570. The van der Waals surface area contributed by atoms with E-state index in [1.165, 1.54) is 55.6 Å². The number of methoxy groups -OCH3 is 1. The van der Waals surface area contributed by atoms with Crippen molar-refractivity contribution in [2.45, 2.75) is 6.92 Å². The molecule has 1 aliphatic rings. The molecular formula is C29H22O8. The van der Waals surface area contributed by atoms with Crippen LogP contribution in [0.5, 0.6) is 28.7 Å². The number of aromatic hydroxyl groups is 4. The van der Waals surface area contributed by atoms with Gasteiger partial charge in [-0.2, -0.15) is 0 Å². The van der Waals surface area contributed by atoms with Gasteiger partial charge in [0.05, 0.1) is 29.4 Å². The Morgan fingerprint density at radius 3 is 1.97 bits per heavy atom. The maximum absolute atomic E-state index is 12.3. The van der Waals surface area contributed by atoms with Crippen molar-refractivity contribution in [3.8, 4) is 28.7 Å². The van der Waals surface area contributed by atoms with Gasteiger partial charge in [0.2, 0.25) is 5.78 Å². The second kappa shape index (κ2) is 9.87. The van der Waals surface area contributed by atoms with Crippen LogP contribution in [-0.4, -0.2) is 44.9 Å². The van der Waals surface area contributed by atoms with Gasteiger partial charge in [-0.15, -0.1) is 0 Å². The Hall–Kier alpha value is -5.11. The number of ketones is 3.